The molecule has 1 fully saturated rings. The van der Waals surface area contributed by atoms with E-state index in [-0.39, 0.29) is 18.3 Å². The summed E-state index contributed by atoms with van der Waals surface area (Å²) in [6, 6.07) is 0. The van der Waals surface area contributed by atoms with Crippen molar-refractivity contribution < 1.29 is 9.32 Å². The average molecular weight is 358 g/mol. The molecule has 126 valence electrons. The Morgan fingerprint density at radius 1 is 1.17 bits per heavy atom. The fourth-order valence-electron chi connectivity index (χ4n) is 2.63. The zero-order valence-corrected chi connectivity index (χ0v) is 15.0. The Labute approximate surface area is 145 Å². The highest BCUT2D eigenvalue weighted by Crippen LogP contribution is 2.18. The van der Waals surface area contributed by atoms with Crippen LogP contribution in [-0.2, 0) is 6.54 Å². The van der Waals surface area contributed by atoms with E-state index in [0.29, 0.717) is 10.6 Å². The molecule has 1 aliphatic heterocycles. The fourth-order valence-corrected chi connectivity index (χ4v) is 3.26. The number of aryl methyl sites for hydroxylation is 3. The third kappa shape index (κ3) is 3.70. The van der Waals surface area contributed by atoms with Crippen LogP contribution in [0.15, 0.2) is 4.52 Å². The molecule has 23 heavy (non-hydrogen) atoms. The maximum atomic E-state index is 12.4. The summed E-state index contributed by atoms with van der Waals surface area (Å²) in [4.78, 5) is 17.3. The fraction of sp³-hybridized carbons (Fsp3) is 0.571. The van der Waals surface area contributed by atoms with Crippen LogP contribution in [0.5, 0.6) is 0 Å². The molecule has 0 N–H and O–H groups in total. The molecule has 1 amide bonds. The predicted octanol–water partition coefficient (Wildman–Crippen LogP) is 1.83. The number of nitrogens with zero attached hydrogens (tertiary/aromatic N) is 5. The summed E-state index contributed by atoms with van der Waals surface area (Å²) >= 11 is 1.17. The minimum atomic E-state index is 0. The molecule has 0 saturated carbocycles. The minimum Gasteiger partial charge on any atom is -0.361 e. The van der Waals surface area contributed by atoms with E-state index < -0.39 is 0 Å². The molecule has 0 radical (unpaired) electrons. The van der Waals surface area contributed by atoms with E-state index in [0.717, 1.165) is 49.7 Å². The van der Waals surface area contributed by atoms with E-state index in [1.165, 1.54) is 11.5 Å². The van der Waals surface area contributed by atoms with Crippen molar-refractivity contribution in [3.8, 4) is 0 Å². The summed E-state index contributed by atoms with van der Waals surface area (Å²) < 4.78 is 9.04. The van der Waals surface area contributed by atoms with Crippen molar-refractivity contribution in [1.29, 1.82) is 0 Å². The highest BCUT2D eigenvalue weighted by Gasteiger charge is 2.25. The predicted molar refractivity (Wildman–Crippen MR) is 89.1 cm³/mol. The molecule has 1 saturated heterocycles. The van der Waals surface area contributed by atoms with Crippen LogP contribution in [0.1, 0.15) is 32.4 Å². The van der Waals surface area contributed by atoms with E-state index in [2.05, 4.69) is 19.6 Å². The molecule has 2 aromatic heterocycles. The van der Waals surface area contributed by atoms with Crippen molar-refractivity contribution in [3.05, 3.63) is 27.6 Å². The third-order valence-electron chi connectivity index (χ3n) is 4.07. The molecule has 1 aliphatic rings. The molecule has 2 aromatic rings. The highest BCUT2D eigenvalue weighted by atomic mass is 35.5. The van der Waals surface area contributed by atoms with Gasteiger partial charge in [-0.05, 0) is 32.3 Å². The molecule has 7 nitrogen and oxygen atoms in total. The van der Waals surface area contributed by atoms with E-state index in [1.807, 2.05) is 25.7 Å². The molecular formula is C14H20ClN5O2S. The summed E-state index contributed by atoms with van der Waals surface area (Å²) in [7, 11) is 0. The number of carbonyl (C=O) groups excluding carboxylic acids is 1. The maximum Gasteiger partial charge on any atom is 0.267 e. The molecule has 9 heteroatoms. The normalized spacial score (nSPS) is 15.5. The Kier molecular flexibility index (Phi) is 5.72. The Balaban J connectivity index is 0.00000192. The van der Waals surface area contributed by atoms with E-state index in [1.54, 1.807) is 0 Å². The maximum absolute atomic E-state index is 12.4. The lowest BCUT2D eigenvalue weighted by molar-refractivity contribution is 0.0631. The molecule has 0 aliphatic carbocycles. The molecular weight excluding hydrogens is 338 g/mol. The monoisotopic (exact) mass is 357 g/mol. The van der Waals surface area contributed by atoms with Gasteiger partial charge in [0.25, 0.3) is 5.91 Å². The molecule has 3 heterocycles. The van der Waals surface area contributed by atoms with Gasteiger partial charge in [-0.3, -0.25) is 9.69 Å². The highest BCUT2D eigenvalue weighted by molar-refractivity contribution is 7.07. The van der Waals surface area contributed by atoms with Crippen molar-refractivity contribution in [1.82, 2.24) is 24.5 Å². The Morgan fingerprint density at radius 3 is 2.39 bits per heavy atom. The standard InChI is InChI=1S/C14H19N5O2S.ClH/c1-9-12(11(3)21-16-9)8-18-4-6-19(7-5-18)14(20)13-10(2)15-17-22-13;/h4-8H2,1-3H3;1H. The number of piperazine rings is 1. The van der Waals surface area contributed by atoms with Gasteiger partial charge in [-0.25, -0.2) is 0 Å². The van der Waals surface area contributed by atoms with Crippen molar-refractivity contribution in [3.63, 3.8) is 0 Å². The second-order valence-electron chi connectivity index (χ2n) is 5.56. The minimum absolute atomic E-state index is 0. The molecule has 0 unspecified atom stereocenters. The Hall–Kier alpha value is -1.51. The number of carbonyl (C=O) groups is 1. The van der Waals surface area contributed by atoms with Gasteiger partial charge in [0, 0.05) is 38.3 Å². The lowest BCUT2D eigenvalue weighted by Gasteiger charge is -2.34. The summed E-state index contributed by atoms with van der Waals surface area (Å²) in [5.74, 6) is 0.923. The van der Waals surface area contributed by atoms with Crippen molar-refractivity contribution in [2.24, 2.45) is 0 Å². The molecule has 0 bridgehead atoms. The number of halogens is 1. The first-order chi connectivity index (χ1) is 10.6. The topological polar surface area (TPSA) is 75.4 Å². The second-order valence-corrected chi connectivity index (χ2v) is 6.31. The second kappa shape index (κ2) is 7.37. The number of aromatic nitrogens is 3. The molecule has 0 atom stereocenters. The largest absolute Gasteiger partial charge is 0.361 e. The van der Waals surface area contributed by atoms with Crippen molar-refractivity contribution in [2.45, 2.75) is 27.3 Å². The van der Waals surface area contributed by atoms with Gasteiger partial charge in [0.1, 0.15) is 10.6 Å². The molecule has 0 aromatic carbocycles. The molecule has 3 rings (SSSR count). The lowest BCUT2D eigenvalue weighted by Crippen LogP contribution is -2.48. The van der Waals surface area contributed by atoms with Crippen molar-refractivity contribution >= 4 is 29.8 Å². The smallest absolute Gasteiger partial charge is 0.267 e. The van der Waals surface area contributed by atoms with Crippen LogP contribution in [0.25, 0.3) is 0 Å². The first kappa shape index (κ1) is 17.8. The van der Waals surface area contributed by atoms with Gasteiger partial charge in [0.15, 0.2) is 0 Å². The first-order valence-electron chi connectivity index (χ1n) is 7.28. The van der Waals surface area contributed by atoms with Crippen LogP contribution >= 0.6 is 23.9 Å². The molecule has 0 spiro atoms. The Bertz CT molecular complexity index is 659. The number of hydrogen-bond acceptors (Lipinski definition) is 7. The number of amides is 1. The van der Waals surface area contributed by atoms with E-state index in [4.69, 9.17) is 4.52 Å². The number of rotatable bonds is 3. The van der Waals surface area contributed by atoms with Crippen LogP contribution in [0, 0.1) is 20.8 Å². The van der Waals surface area contributed by atoms with E-state index >= 15 is 0 Å². The average Bonchev–Trinajstić information content (AvgIpc) is 3.08. The summed E-state index contributed by atoms with van der Waals surface area (Å²) in [5, 5.41) is 7.90. The first-order valence-corrected chi connectivity index (χ1v) is 8.06. The SMILES string of the molecule is Cc1nnsc1C(=O)N1CCN(Cc2c(C)noc2C)CC1.Cl. The van der Waals surface area contributed by atoms with Crippen LogP contribution in [0.3, 0.4) is 0 Å². The van der Waals surface area contributed by atoms with Crippen molar-refractivity contribution in [2.75, 3.05) is 26.2 Å². The Morgan fingerprint density at radius 2 is 1.87 bits per heavy atom. The van der Waals surface area contributed by atoms with Gasteiger partial charge >= 0.3 is 0 Å². The van der Waals surface area contributed by atoms with Gasteiger partial charge in [-0.1, -0.05) is 9.64 Å². The van der Waals surface area contributed by atoms with Crippen LogP contribution in [0.4, 0.5) is 0 Å². The van der Waals surface area contributed by atoms with E-state index in [9.17, 15) is 4.79 Å². The summed E-state index contributed by atoms with van der Waals surface area (Å²) in [6.45, 7) is 9.69. The van der Waals surface area contributed by atoms with Gasteiger partial charge < -0.3 is 9.42 Å². The summed E-state index contributed by atoms with van der Waals surface area (Å²) in [6.07, 6.45) is 0. The zero-order valence-electron chi connectivity index (χ0n) is 13.4. The van der Waals surface area contributed by atoms with Gasteiger partial charge in [0.05, 0.1) is 11.4 Å². The lowest BCUT2D eigenvalue weighted by atomic mass is 10.1. The van der Waals surface area contributed by atoms with Gasteiger partial charge in [-0.2, -0.15) is 0 Å². The van der Waals surface area contributed by atoms with Crippen LogP contribution in [0.2, 0.25) is 0 Å². The number of hydrogen-bond donors (Lipinski definition) is 0. The van der Waals surface area contributed by atoms with Crippen LogP contribution < -0.4 is 0 Å². The zero-order chi connectivity index (χ0) is 15.7. The quantitative estimate of drug-likeness (QED) is 0.834. The van der Waals surface area contributed by atoms with Gasteiger partial charge in [0.2, 0.25) is 0 Å². The van der Waals surface area contributed by atoms with Gasteiger partial charge in [-0.15, -0.1) is 17.5 Å². The third-order valence-corrected chi connectivity index (χ3v) is 4.88. The van der Waals surface area contributed by atoms with Crippen LogP contribution in [-0.4, -0.2) is 56.6 Å². The summed E-state index contributed by atoms with van der Waals surface area (Å²) in [5.41, 5.74) is 2.82.